The van der Waals surface area contributed by atoms with Crippen molar-refractivity contribution in [2.75, 3.05) is 0 Å². The third-order valence-corrected chi connectivity index (χ3v) is 2.27. The van der Waals surface area contributed by atoms with E-state index in [2.05, 4.69) is 20.1 Å². The molecule has 0 saturated carbocycles. The summed E-state index contributed by atoms with van der Waals surface area (Å²) in [5, 5.41) is 0. The van der Waals surface area contributed by atoms with Crippen LogP contribution in [0.4, 0.5) is 13.2 Å². The van der Waals surface area contributed by atoms with Crippen LogP contribution in [0.5, 0.6) is 0 Å². The zero-order valence-electron chi connectivity index (χ0n) is 10.2. The van der Waals surface area contributed by atoms with Crippen molar-refractivity contribution in [1.82, 2.24) is 0 Å². The van der Waals surface area contributed by atoms with E-state index in [1.165, 1.54) is 18.2 Å². The quantitative estimate of drug-likeness (QED) is 0.447. The van der Waals surface area contributed by atoms with Crippen LogP contribution in [0.15, 0.2) is 49.6 Å². The minimum atomic E-state index is -4.36. The molecule has 0 unspecified atom stereocenters. The molecule has 1 aromatic carbocycles. The Labute approximate surface area is 148 Å². The van der Waals surface area contributed by atoms with Crippen molar-refractivity contribution in [2.24, 2.45) is 0 Å². The van der Waals surface area contributed by atoms with E-state index in [1.54, 1.807) is 6.08 Å². The molecule has 0 atom stereocenters. The van der Waals surface area contributed by atoms with Crippen molar-refractivity contribution in [3.8, 4) is 0 Å². The van der Waals surface area contributed by atoms with Gasteiger partial charge in [0.1, 0.15) is 0 Å². The molecule has 0 aliphatic rings. The standard InChI is InChI=1S/C14H12F3.K/c1-4-6-11(5-2)13-9-12(14(15,16)17)8-7-10(13)3;/h4-9H,1-3H2;/q-1;+1/b11-6+;. The van der Waals surface area contributed by atoms with E-state index in [9.17, 15) is 13.2 Å². The van der Waals surface area contributed by atoms with Crippen LogP contribution in [0, 0.1) is 6.92 Å². The molecule has 0 aliphatic carbocycles. The van der Waals surface area contributed by atoms with Crippen molar-refractivity contribution < 1.29 is 64.6 Å². The number of alkyl halides is 3. The zero-order chi connectivity index (χ0) is 13.1. The molecule has 90 valence electrons. The van der Waals surface area contributed by atoms with Gasteiger partial charge in [-0.1, -0.05) is 43.0 Å². The van der Waals surface area contributed by atoms with Gasteiger partial charge >= 0.3 is 57.6 Å². The van der Waals surface area contributed by atoms with E-state index >= 15 is 0 Å². The number of allylic oxidation sites excluding steroid dienone is 4. The van der Waals surface area contributed by atoms with Crippen molar-refractivity contribution in [3.05, 3.63) is 73.2 Å². The van der Waals surface area contributed by atoms with Gasteiger partial charge < -0.3 is 0 Å². The summed E-state index contributed by atoms with van der Waals surface area (Å²) >= 11 is 0. The van der Waals surface area contributed by atoms with Crippen LogP contribution in [-0.4, -0.2) is 0 Å². The van der Waals surface area contributed by atoms with Crippen LogP contribution in [0.2, 0.25) is 0 Å². The molecular weight excluding hydrogens is 264 g/mol. The van der Waals surface area contributed by atoms with Crippen molar-refractivity contribution in [3.63, 3.8) is 0 Å². The summed E-state index contributed by atoms with van der Waals surface area (Å²) in [7, 11) is 0. The molecule has 0 spiro atoms. The van der Waals surface area contributed by atoms with Crippen LogP contribution in [0.25, 0.3) is 5.57 Å². The van der Waals surface area contributed by atoms with Crippen LogP contribution in [0.1, 0.15) is 16.7 Å². The maximum atomic E-state index is 12.6. The summed E-state index contributed by atoms with van der Waals surface area (Å²) in [6.07, 6.45) is 0.211. The molecular formula is C14H12F3K. The molecule has 0 fully saturated rings. The maximum absolute atomic E-state index is 12.6. The van der Waals surface area contributed by atoms with E-state index < -0.39 is 11.7 Å². The summed E-state index contributed by atoms with van der Waals surface area (Å²) < 4.78 is 37.7. The minimum Gasteiger partial charge on any atom is -0.198 e. The SMILES string of the molecule is C=C/C=C(\C=C)c1cc(C(F)(F)F)ccc1[CH2-].[K+]. The van der Waals surface area contributed by atoms with Gasteiger partial charge in [0, 0.05) is 5.56 Å². The first-order valence-electron chi connectivity index (χ1n) is 4.89. The molecule has 0 radical (unpaired) electrons. The van der Waals surface area contributed by atoms with Crippen molar-refractivity contribution >= 4 is 5.57 Å². The van der Waals surface area contributed by atoms with Crippen LogP contribution in [-0.2, 0) is 6.18 Å². The minimum absolute atomic E-state index is 0. The topological polar surface area (TPSA) is 0 Å². The molecule has 0 amide bonds. The van der Waals surface area contributed by atoms with Crippen molar-refractivity contribution in [1.29, 1.82) is 0 Å². The Hall–Kier alpha value is -0.264. The molecule has 0 bridgehead atoms. The van der Waals surface area contributed by atoms with Crippen LogP contribution in [0.3, 0.4) is 0 Å². The van der Waals surface area contributed by atoms with Gasteiger partial charge in [0.05, 0.1) is 0 Å². The van der Waals surface area contributed by atoms with Gasteiger partial charge in [0.15, 0.2) is 0 Å². The van der Waals surface area contributed by atoms with Gasteiger partial charge in [-0.2, -0.15) is 31.7 Å². The Morgan fingerprint density at radius 3 is 2.28 bits per heavy atom. The van der Waals surface area contributed by atoms with Gasteiger partial charge in [-0.15, -0.1) is 11.6 Å². The second kappa shape index (κ2) is 7.36. The number of benzene rings is 1. The number of halogens is 3. The monoisotopic (exact) mass is 276 g/mol. The molecule has 18 heavy (non-hydrogen) atoms. The van der Waals surface area contributed by atoms with Crippen molar-refractivity contribution in [2.45, 2.75) is 6.18 Å². The molecule has 0 aliphatic heterocycles. The second-order valence-corrected chi connectivity index (χ2v) is 3.43. The van der Waals surface area contributed by atoms with Gasteiger partial charge in [0.25, 0.3) is 0 Å². The number of hydrogen-bond donors (Lipinski definition) is 0. The third-order valence-electron chi connectivity index (χ3n) is 2.27. The molecule has 0 heterocycles. The Bertz CT molecular complexity index is 470. The Balaban J connectivity index is 0.00000289. The van der Waals surface area contributed by atoms with Gasteiger partial charge in [-0.05, 0) is 0 Å². The molecule has 0 aromatic heterocycles. The summed E-state index contributed by atoms with van der Waals surface area (Å²) in [5.74, 6) is 0. The summed E-state index contributed by atoms with van der Waals surface area (Å²) in [4.78, 5) is 0. The number of rotatable bonds is 3. The first-order chi connectivity index (χ1) is 7.90. The third kappa shape index (κ3) is 4.44. The summed E-state index contributed by atoms with van der Waals surface area (Å²) in [5.41, 5.74) is 0.800. The predicted molar refractivity (Wildman–Crippen MR) is 64.3 cm³/mol. The fourth-order valence-electron chi connectivity index (χ4n) is 1.42. The van der Waals surface area contributed by atoms with Gasteiger partial charge in [-0.25, -0.2) is 0 Å². The van der Waals surface area contributed by atoms with E-state index in [1.807, 2.05) is 0 Å². The first-order valence-corrected chi connectivity index (χ1v) is 4.89. The number of hydrogen-bond acceptors (Lipinski definition) is 0. The van der Waals surface area contributed by atoms with Gasteiger partial charge in [-0.3, -0.25) is 0 Å². The summed E-state index contributed by atoms with van der Waals surface area (Å²) in [6.45, 7) is 10.8. The summed E-state index contributed by atoms with van der Waals surface area (Å²) in [6, 6.07) is 3.43. The Kier molecular flexibility index (Phi) is 7.25. The first kappa shape index (κ1) is 17.7. The fourth-order valence-corrected chi connectivity index (χ4v) is 1.42. The average Bonchev–Trinajstić information content (AvgIpc) is 2.25. The second-order valence-electron chi connectivity index (χ2n) is 3.43. The van der Waals surface area contributed by atoms with Crippen LogP contribution >= 0.6 is 0 Å². The predicted octanol–water partition coefficient (Wildman–Crippen LogP) is 1.65. The smallest absolute Gasteiger partial charge is 0.198 e. The van der Waals surface area contributed by atoms with E-state index in [-0.39, 0.29) is 51.4 Å². The molecule has 0 N–H and O–H groups in total. The fraction of sp³-hybridized carbons (Fsp3) is 0.0714. The zero-order valence-corrected chi connectivity index (χ0v) is 13.3. The molecule has 4 heteroatoms. The Morgan fingerprint density at radius 2 is 1.83 bits per heavy atom. The van der Waals surface area contributed by atoms with E-state index in [0.717, 1.165) is 12.1 Å². The normalized spacial score (nSPS) is 11.6. The maximum Gasteiger partial charge on any atom is 1.00 e. The molecule has 1 rings (SSSR count). The largest absolute Gasteiger partial charge is 1.00 e. The van der Waals surface area contributed by atoms with E-state index in [0.29, 0.717) is 16.7 Å². The average molecular weight is 276 g/mol. The molecule has 1 aromatic rings. The van der Waals surface area contributed by atoms with Crippen LogP contribution < -0.4 is 51.4 Å². The van der Waals surface area contributed by atoms with Gasteiger partial charge in [0.2, 0.25) is 0 Å². The molecule has 0 saturated heterocycles. The molecule has 0 nitrogen and oxygen atoms in total. The Morgan fingerprint density at radius 1 is 1.22 bits per heavy atom. The van der Waals surface area contributed by atoms with E-state index in [4.69, 9.17) is 0 Å².